The molecule has 3 aromatic heterocycles. The summed E-state index contributed by atoms with van der Waals surface area (Å²) in [4.78, 5) is 22.7. The zero-order valence-corrected chi connectivity index (χ0v) is 21.9. The number of hydrogen-bond donors (Lipinski definition) is 1. The fraction of sp³-hybridized carbons (Fsp3) is 0.448. The first-order valence-corrected chi connectivity index (χ1v) is 13.9. The number of likely N-dealkylation sites (tertiary alicyclic amines) is 2. The average molecular weight is 529 g/mol. The van der Waals surface area contributed by atoms with Crippen LogP contribution in [0.1, 0.15) is 37.6 Å². The molecule has 4 aliphatic rings. The van der Waals surface area contributed by atoms with Crippen LogP contribution >= 0.6 is 0 Å². The molecule has 4 aromatic rings. The van der Waals surface area contributed by atoms with Crippen LogP contribution in [-0.2, 0) is 18.5 Å². The molecule has 1 N–H and O–H groups in total. The van der Waals surface area contributed by atoms with Crippen LogP contribution < -0.4 is 5.32 Å². The van der Waals surface area contributed by atoms with E-state index in [9.17, 15) is 4.39 Å². The number of halogens is 2. The summed E-state index contributed by atoms with van der Waals surface area (Å²) in [5.74, 6) is 1.42. The molecule has 1 spiro atoms. The minimum Gasteiger partial charge on any atom is -0.322 e. The number of nitrogens with one attached hydrogen (secondary N) is 1. The van der Waals surface area contributed by atoms with Crippen molar-refractivity contribution in [1.29, 1.82) is 0 Å². The number of pyridine rings is 1. The van der Waals surface area contributed by atoms with Gasteiger partial charge in [-0.05, 0) is 49.6 Å². The Balaban J connectivity index is 1.02. The molecule has 39 heavy (non-hydrogen) atoms. The Bertz CT molecular complexity index is 1600. The highest BCUT2D eigenvalue weighted by Gasteiger charge is 2.50. The fourth-order valence-corrected chi connectivity index (χ4v) is 7.01. The second-order valence-corrected chi connectivity index (χ2v) is 11.6. The third-order valence-electron chi connectivity index (χ3n) is 9.21. The molecule has 0 amide bonds. The molecule has 6 heterocycles. The summed E-state index contributed by atoms with van der Waals surface area (Å²) in [6.07, 6.45) is 7.02. The van der Waals surface area contributed by atoms with Crippen molar-refractivity contribution < 1.29 is 8.78 Å². The monoisotopic (exact) mass is 528 g/mol. The normalized spacial score (nSPS) is 23.3. The van der Waals surface area contributed by atoms with Gasteiger partial charge in [0.15, 0.2) is 11.6 Å². The van der Waals surface area contributed by atoms with Crippen molar-refractivity contribution in [2.45, 2.75) is 50.7 Å². The molecule has 3 aliphatic heterocycles. The van der Waals surface area contributed by atoms with E-state index in [0.717, 1.165) is 75.4 Å². The summed E-state index contributed by atoms with van der Waals surface area (Å²) in [5.41, 5.74) is 2.70. The molecule has 0 radical (unpaired) electrons. The minimum absolute atomic E-state index is 0.0492. The van der Waals surface area contributed by atoms with Gasteiger partial charge in [-0.25, -0.2) is 28.7 Å². The van der Waals surface area contributed by atoms with Crippen LogP contribution in [0.15, 0.2) is 36.7 Å². The van der Waals surface area contributed by atoms with Crippen LogP contribution in [0.25, 0.3) is 22.3 Å². The number of fused-ring (bicyclic) bond motifs is 5. The highest BCUT2D eigenvalue weighted by atomic mass is 19.1. The summed E-state index contributed by atoms with van der Waals surface area (Å²) in [6.45, 7) is 7.70. The molecule has 0 bridgehead atoms. The Kier molecular flexibility index (Phi) is 5.10. The summed E-state index contributed by atoms with van der Waals surface area (Å²) < 4.78 is 32.2. The van der Waals surface area contributed by atoms with Gasteiger partial charge in [-0.3, -0.25) is 9.80 Å². The van der Waals surface area contributed by atoms with Crippen molar-refractivity contribution in [1.82, 2.24) is 34.3 Å². The lowest BCUT2D eigenvalue weighted by Crippen LogP contribution is -2.55. The van der Waals surface area contributed by atoms with Crippen molar-refractivity contribution >= 4 is 22.8 Å². The molecule has 1 aliphatic carbocycles. The molecular formula is C29H30F2N8. The summed E-state index contributed by atoms with van der Waals surface area (Å²) in [5, 5.41) is 3.08. The highest BCUT2D eigenvalue weighted by molar-refractivity contribution is 5.83. The second-order valence-electron chi connectivity index (χ2n) is 11.6. The third kappa shape index (κ3) is 3.76. The Morgan fingerprint density at radius 2 is 1.90 bits per heavy atom. The largest absolute Gasteiger partial charge is 0.322 e. The highest BCUT2D eigenvalue weighted by Crippen LogP contribution is 2.53. The molecule has 2 saturated heterocycles. The predicted octanol–water partition coefficient (Wildman–Crippen LogP) is 4.48. The van der Waals surface area contributed by atoms with E-state index in [4.69, 9.17) is 0 Å². The maximum atomic E-state index is 15.1. The predicted molar refractivity (Wildman–Crippen MR) is 144 cm³/mol. The van der Waals surface area contributed by atoms with Crippen LogP contribution in [0.3, 0.4) is 0 Å². The zero-order chi connectivity index (χ0) is 26.3. The molecule has 3 fully saturated rings. The third-order valence-corrected chi connectivity index (χ3v) is 9.21. The summed E-state index contributed by atoms with van der Waals surface area (Å²) in [6, 6.07) is 7.77. The van der Waals surface area contributed by atoms with E-state index in [0.29, 0.717) is 28.5 Å². The van der Waals surface area contributed by atoms with E-state index in [1.54, 1.807) is 0 Å². The maximum Gasteiger partial charge on any atom is 0.229 e. The molecule has 1 aromatic carbocycles. The van der Waals surface area contributed by atoms with Crippen molar-refractivity contribution in [3.05, 3.63) is 59.7 Å². The van der Waals surface area contributed by atoms with Crippen LogP contribution in [0.2, 0.25) is 0 Å². The van der Waals surface area contributed by atoms with E-state index in [-0.39, 0.29) is 17.2 Å². The number of aryl methyl sites for hydroxylation is 1. The van der Waals surface area contributed by atoms with Crippen molar-refractivity contribution in [2.75, 3.05) is 31.5 Å². The van der Waals surface area contributed by atoms with Gasteiger partial charge in [-0.1, -0.05) is 13.0 Å². The number of rotatable bonds is 6. The molecule has 10 heteroatoms. The van der Waals surface area contributed by atoms with E-state index in [1.807, 2.05) is 18.3 Å². The number of likely N-dealkylation sites (N-methyl/N-ethyl adjacent to an activating group) is 1. The van der Waals surface area contributed by atoms with Gasteiger partial charge >= 0.3 is 0 Å². The first-order chi connectivity index (χ1) is 19.0. The second kappa shape index (κ2) is 8.50. The summed E-state index contributed by atoms with van der Waals surface area (Å²) >= 11 is 0. The standard InChI is InChI=1S/C29H30F2N8/c1-2-38-15-19-14-37(16-23(19)38)13-17-3-4-24(32-11-17)34-28-33-12-21(31)26(36-28)18-9-20(30)27-22(10-18)39-25(35-27)5-6-29(39)7-8-29/h3-4,9-12,19,23H,2,5-8,13-16H2,1H3,(H,32,33,34,36). The molecule has 2 unspecified atom stereocenters. The number of imidazole rings is 1. The molecule has 1 saturated carbocycles. The number of anilines is 2. The molecule has 2 atom stereocenters. The SMILES string of the molecule is CCN1CC2CN(Cc3ccc(Nc4ncc(F)c(-c5cc(F)c6nc7n(c6c5)C5(CC7)CC5)n4)nc3)CC21. The van der Waals surface area contributed by atoms with Gasteiger partial charge in [-0.2, -0.15) is 0 Å². The van der Waals surface area contributed by atoms with Gasteiger partial charge in [0, 0.05) is 61.9 Å². The lowest BCUT2D eigenvalue weighted by Gasteiger charge is -2.43. The Labute approximate surface area is 225 Å². The van der Waals surface area contributed by atoms with Crippen molar-refractivity contribution in [3.8, 4) is 11.3 Å². The van der Waals surface area contributed by atoms with E-state index in [2.05, 4.69) is 52.6 Å². The molecular weight excluding hydrogens is 498 g/mol. The molecule has 8 rings (SSSR count). The number of hydrogen-bond acceptors (Lipinski definition) is 7. The quantitative estimate of drug-likeness (QED) is 0.396. The summed E-state index contributed by atoms with van der Waals surface area (Å²) in [7, 11) is 0. The topological polar surface area (TPSA) is 75.0 Å². The van der Waals surface area contributed by atoms with Crippen LogP contribution in [0.5, 0.6) is 0 Å². The lowest BCUT2D eigenvalue weighted by molar-refractivity contribution is 0.0578. The van der Waals surface area contributed by atoms with Gasteiger partial charge in [0.25, 0.3) is 0 Å². The Morgan fingerprint density at radius 1 is 1.00 bits per heavy atom. The molecule has 8 nitrogen and oxygen atoms in total. The number of aromatic nitrogens is 5. The van der Waals surface area contributed by atoms with Gasteiger partial charge in [0.05, 0.1) is 11.7 Å². The van der Waals surface area contributed by atoms with Gasteiger partial charge in [0.1, 0.15) is 22.9 Å². The maximum absolute atomic E-state index is 15.1. The minimum atomic E-state index is -0.605. The number of benzene rings is 1. The van der Waals surface area contributed by atoms with Crippen molar-refractivity contribution in [3.63, 3.8) is 0 Å². The van der Waals surface area contributed by atoms with Gasteiger partial charge in [0.2, 0.25) is 5.95 Å². The van der Waals surface area contributed by atoms with Crippen LogP contribution in [0.4, 0.5) is 20.5 Å². The number of nitrogens with zero attached hydrogens (tertiary/aromatic N) is 7. The Morgan fingerprint density at radius 3 is 2.69 bits per heavy atom. The van der Waals surface area contributed by atoms with Crippen LogP contribution in [0, 0.1) is 17.6 Å². The first-order valence-electron chi connectivity index (χ1n) is 13.9. The fourth-order valence-electron chi connectivity index (χ4n) is 7.01. The lowest BCUT2D eigenvalue weighted by atomic mass is 9.92. The van der Waals surface area contributed by atoms with Gasteiger partial charge < -0.3 is 9.88 Å². The smallest absolute Gasteiger partial charge is 0.229 e. The Hall–Kier alpha value is -3.50. The van der Waals surface area contributed by atoms with Crippen molar-refractivity contribution in [2.24, 2.45) is 5.92 Å². The zero-order valence-electron chi connectivity index (χ0n) is 21.9. The van der Waals surface area contributed by atoms with E-state index < -0.39 is 11.6 Å². The average Bonchev–Trinajstić information content (AvgIpc) is 3.33. The van der Waals surface area contributed by atoms with Gasteiger partial charge in [-0.15, -0.1) is 0 Å². The van der Waals surface area contributed by atoms with E-state index in [1.165, 1.54) is 12.6 Å². The van der Waals surface area contributed by atoms with E-state index >= 15 is 4.39 Å². The first kappa shape index (κ1) is 23.4. The van der Waals surface area contributed by atoms with Crippen LogP contribution in [-0.4, -0.2) is 66.5 Å². The molecule has 200 valence electrons.